The SMILES string of the molecule is CN=C(NCc1ccnc(OC2CCCC2)c1)Nc1ccc2c(c1)OCCCO2. The maximum absolute atomic E-state index is 6.00. The number of guanidine groups is 1. The molecule has 154 valence electrons. The van der Waals surface area contributed by atoms with Gasteiger partial charge in [0.25, 0.3) is 0 Å². The third kappa shape index (κ3) is 5.31. The maximum atomic E-state index is 6.00. The summed E-state index contributed by atoms with van der Waals surface area (Å²) in [5.41, 5.74) is 1.98. The Labute approximate surface area is 171 Å². The van der Waals surface area contributed by atoms with Crippen LogP contribution in [-0.4, -0.2) is 37.3 Å². The van der Waals surface area contributed by atoms with E-state index >= 15 is 0 Å². The number of anilines is 1. The van der Waals surface area contributed by atoms with Crippen molar-refractivity contribution in [1.29, 1.82) is 0 Å². The number of benzene rings is 1. The first kappa shape index (κ1) is 19.4. The van der Waals surface area contributed by atoms with Crippen LogP contribution in [0.25, 0.3) is 0 Å². The minimum Gasteiger partial charge on any atom is -0.490 e. The van der Waals surface area contributed by atoms with Crippen molar-refractivity contribution in [3.8, 4) is 17.4 Å². The van der Waals surface area contributed by atoms with Gasteiger partial charge in [-0.2, -0.15) is 0 Å². The Hall–Kier alpha value is -2.96. The highest BCUT2D eigenvalue weighted by Gasteiger charge is 2.17. The van der Waals surface area contributed by atoms with E-state index in [-0.39, 0.29) is 0 Å². The first-order chi connectivity index (χ1) is 14.3. The smallest absolute Gasteiger partial charge is 0.213 e. The second-order valence-electron chi connectivity index (χ2n) is 7.29. The van der Waals surface area contributed by atoms with Crippen LogP contribution in [0.4, 0.5) is 5.69 Å². The van der Waals surface area contributed by atoms with Gasteiger partial charge < -0.3 is 24.8 Å². The summed E-state index contributed by atoms with van der Waals surface area (Å²) in [5.74, 6) is 2.91. The molecule has 0 bridgehead atoms. The number of rotatable bonds is 5. The van der Waals surface area contributed by atoms with E-state index in [0.29, 0.717) is 37.7 Å². The molecule has 0 amide bonds. The van der Waals surface area contributed by atoms with Crippen LogP contribution < -0.4 is 24.8 Å². The Bertz CT molecular complexity index is 850. The minimum atomic E-state index is 0.305. The third-order valence-corrected chi connectivity index (χ3v) is 5.08. The first-order valence-corrected chi connectivity index (χ1v) is 10.3. The van der Waals surface area contributed by atoms with Gasteiger partial charge >= 0.3 is 0 Å². The van der Waals surface area contributed by atoms with Crippen LogP contribution in [0.15, 0.2) is 41.5 Å². The summed E-state index contributed by atoms with van der Waals surface area (Å²) in [5, 5.41) is 6.63. The molecule has 1 saturated carbocycles. The van der Waals surface area contributed by atoms with Crippen molar-refractivity contribution in [3.05, 3.63) is 42.1 Å². The van der Waals surface area contributed by atoms with E-state index in [1.807, 2.05) is 30.3 Å². The average molecular weight is 396 g/mol. The van der Waals surface area contributed by atoms with E-state index in [2.05, 4.69) is 20.6 Å². The zero-order valence-electron chi connectivity index (χ0n) is 16.8. The fourth-order valence-electron chi connectivity index (χ4n) is 3.54. The van der Waals surface area contributed by atoms with Gasteiger partial charge in [-0.25, -0.2) is 4.98 Å². The Balaban J connectivity index is 1.34. The highest BCUT2D eigenvalue weighted by atomic mass is 16.5. The molecule has 2 aromatic rings. The molecule has 2 aliphatic rings. The number of pyridine rings is 1. The molecule has 0 atom stereocenters. The highest BCUT2D eigenvalue weighted by molar-refractivity contribution is 5.93. The first-order valence-electron chi connectivity index (χ1n) is 10.3. The predicted octanol–water partition coefficient (Wildman–Crippen LogP) is 3.75. The van der Waals surface area contributed by atoms with Gasteiger partial charge in [-0.1, -0.05) is 0 Å². The number of nitrogens with zero attached hydrogens (tertiary/aromatic N) is 2. The van der Waals surface area contributed by atoms with E-state index in [1.54, 1.807) is 13.2 Å². The Morgan fingerprint density at radius 1 is 1.10 bits per heavy atom. The monoisotopic (exact) mass is 396 g/mol. The third-order valence-electron chi connectivity index (χ3n) is 5.08. The molecule has 0 radical (unpaired) electrons. The summed E-state index contributed by atoms with van der Waals surface area (Å²) < 4.78 is 17.4. The van der Waals surface area contributed by atoms with Gasteiger partial charge in [-0.3, -0.25) is 4.99 Å². The molecular formula is C22H28N4O3. The van der Waals surface area contributed by atoms with Crippen LogP contribution in [-0.2, 0) is 6.54 Å². The van der Waals surface area contributed by atoms with E-state index in [9.17, 15) is 0 Å². The lowest BCUT2D eigenvalue weighted by atomic mass is 10.2. The topological polar surface area (TPSA) is 77.0 Å². The summed E-state index contributed by atoms with van der Waals surface area (Å²) in [6, 6.07) is 9.79. The molecule has 1 fully saturated rings. The second-order valence-corrected chi connectivity index (χ2v) is 7.29. The normalized spacial score (nSPS) is 16.9. The van der Waals surface area contributed by atoms with E-state index in [1.165, 1.54) is 12.8 Å². The van der Waals surface area contributed by atoms with Crippen LogP contribution >= 0.6 is 0 Å². The number of hydrogen-bond acceptors (Lipinski definition) is 5. The van der Waals surface area contributed by atoms with Crippen LogP contribution in [0.1, 0.15) is 37.7 Å². The number of aromatic nitrogens is 1. The molecule has 2 N–H and O–H groups in total. The lowest BCUT2D eigenvalue weighted by Gasteiger charge is -2.15. The van der Waals surface area contributed by atoms with Crippen molar-refractivity contribution in [2.75, 3.05) is 25.6 Å². The number of ether oxygens (including phenoxy) is 3. The molecule has 1 aliphatic carbocycles. The van der Waals surface area contributed by atoms with Gasteiger partial charge in [-0.05, 0) is 49.4 Å². The van der Waals surface area contributed by atoms with E-state index in [0.717, 1.165) is 42.0 Å². The molecule has 0 spiro atoms. The molecule has 2 heterocycles. The zero-order valence-corrected chi connectivity index (χ0v) is 16.8. The molecule has 1 aromatic heterocycles. The number of aliphatic imine (C=N–C) groups is 1. The fraction of sp³-hybridized carbons (Fsp3) is 0.455. The van der Waals surface area contributed by atoms with Crippen LogP contribution in [0.5, 0.6) is 17.4 Å². The zero-order chi connectivity index (χ0) is 19.9. The van der Waals surface area contributed by atoms with Crippen LogP contribution in [0.3, 0.4) is 0 Å². The number of hydrogen-bond donors (Lipinski definition) is 2. The Kier molecular flexibility index (Phi) is 6.34. The van der Waals surface area contributed by atoms with Gasteiger partial charge in [0, 0.05) is 44.0 Å². The number of fused-ring (bicyclic) bond motifs is 1. The largest absolute Gasteiger partial charge is 0.490 e. The van der Waals surface area contributed by atoms with E-state index < -0.39 is 0 Å². The molecule has 7 nitrogen and oxygen atoms in total. The summed E-state index contributed by atoms with van der Waals surface area (Å²) in [6.07, 6.45) is 7.72. The van der Waals surface area contributed by atoms with Crippen LogP contribution in [0, 0.1) is 0 Å². The lowest BCUT2D eigenvalue weighted by Crippen LogP contribution is -2.30. The van der Waals surface area contributed by atoms with Crippen molar-refractivity contribution in [2.45, 2.75) is 44.8 Å². The van der Waals surface area contributed by atoms with Crippen molar-refractivity contribution in [3.63, 3.8) is 0 Å². The molecule has 0 unspecified atom stereocenters. The minimum absolute atomic E-state index is 0.305. The molecule has 1 aromatic carbocycles. The Morgan fingerprint density at radius 3 is 2.76 bits per heavy atom. The maximum Gasteiger partial charge on any atom is 0.213 e. The summed E-state index contributed by atoms with van der Waals surface area (Å²) in [7, 11) is 1.75. The molecule has 1 aliphatic heterocycles. The molecule has 7 heteroatoms. The average Bonchev–Trinajstić information content (AvgIpc) is 3.14. The summed E-state index contributed by atoms with van der Waals surface area (Å²) >= 11 is 0. The molecule has 29 heavy (non-hydrogen) atoms. The molecule has 0 saturated heterocycles. The van der Waals surface area contributed by atoms with Gasteiger partial charge in [0.05, 0.1) is 13.2 Å². The van der Waals surface area contributed by atoms with Gasteiger partial charge in [0.15, 0.2) is 17.5 Å². The second kappa shape index (κ2) is 9.49. The molecular weight excluding hydrogens is 368 g/mol. The van der Waals surface area contributed by atoms with Crippen LogP contribution in [0.2, 0.25) is 0 Å². The molecule has 4 rings (SSSR count). The van der Waals surface area contributed by atoms with Gasteiger partial charge in [0.2, 0.25) is 5.88 Å². The highest BCUT2D eigenvalue weighted by Crippen LogP contribution is 2.32. The predicted molar refractivity (Wildman–Crippen MR) is 113 cm³/mol. The van der Waals surface area contributed by atoms with Gasteiger partial charge in [-0.15, -0.1) is 0 Å². The fourth-order valence-corrected chi connectivity index (χ4v) is 3.54. The van der Waals surface area contributed by atoms with Crippen molar-refractivity contribution < 1.29 is 14.2 Å². The van der Waals surface area contributed by atoms with Crippen molar-refractivity contribution >= 4 is 11.6 Å². The summed E-state index contributed by atoms with van der Waals surface area (Å²) in [6.45, 7) is 1.96. The van der Waals surface area contributed by atoms with Crippen molar-refractivity contribution in [1.82, 2.24) is 10.3 Å². The summed E-state index contributed by atoms with van der Waals surface area (Å²) in [4.78, 5) is 8.65. The quantitative estimate of drug-likeness (QED) is 0.592. The van der Waals surface area contributed by atoms with Crippen molar-refractivity contribution in [2.24, 2.45) is 4.99 Å². The lowest BCUT2D eigenvalue weighted by molar-refractivity contribution is 0.201. The standard InChI is InChI=1S/C22H28N4O3/c1-23-22(26-17-7-8-19-20(14-17)28-12-4-11-27-19)25-15-16-9-10-24-21(13-16)29-18-5-2-3-6-18/h7-10,13-14,18H,2-6,11-12,15H2,1H3,(H2,23,25,26). The van der Waals surface area contributed by atoms with E-state index in [4.69, 9.17) is 14.2 Å². The Morgan fingerprint density at radius 2 is 1.93 bits per heavy atom. The van der Waals surface area contributed by atoms with Gasteiger partial charge in [0.1, 0.15) is 6.10 Å². The number of nitrogens with one attached hydrogen (secondary N) is 2.